The number of aromatic nitrogens is 2. The minimum absolute atomic E-state index is 0.102. The zero-order valence-electron chi connectivity index (χ0n) is 13.5. The second kappa shape index (κ2) is 5.68. The Hall–Kier alpha value is -1.16. The fourth-order valence-electron chi connectivity index (χ4n) is 2.61. The van der Waals surface area contributed by atoms with Crippen molar-refractivity contribution in [1.82, 2.24) is 15.3 Å². The number of nitrogens with zero attached hydrogens (tertiary/aromatic N) is 3. The van der Waals surface area contributed by atoms with Crippen LogP contribution in [0.1, 0.15) is 53.2 Å². The van der Waals surface area contributed by atoms with Crippen molar-refractivity contribution in [2.45, 2.75) is 59.5 Å². The Labute approximate surface area is 123 Å². The molecule has 0 radical (unpaired) electrons. The molecule has 0 saturated carbocycles. The first-order valence-electron chi connectivity index (χ1n) is 7.56. The maximum absolute atomic E-state index is 4.77. The Morgan fingerprint density at radius 2 is 2.05 bits per heavy atom. The molecule has 112 valence electrons. The molecule has 4 heteroatoms. The molecule has 0 aromatic carbocycles. The van der Waals surface area contributed by atoms with E-state index >= 15 is 0 Å². The Balaban J connectivity index is 2.05. The molecule has 1 aliphatic rings. The van der Waals surface area contributed by atoms with Crippen molar-refractivity contribution in [2.24, 2.45) is 5.41 Å². The summed E-state index contributed by atoms with van der Waals surface area (Å²) in [6.07, 6.45) is 6.28. The molecule has 0 spiro atoms. The summed E-state index contributed by atoms with van der Waals surface area (Å²) < 4.78 is 0. The van der Waals surface area contributed by atoms with Crippen LogP contribution >= 0.6 is 0 Å². The molecule has 2 rings (SSSR count). The molecule has 2 heterocycles. The van der Waals surface area contributed by atoms with Gasteiger partial charge in [-0.2, -0.15) is 0 Å². The third-order valence-electron chi connectivity index (χ3n) is 3.70. The van der Waals surface area contributed by atoms with Crippen LogP contribution in [0.15, 0.2) is 12.4 Å². The SMILES string of the molecule is CC1(C)CCCN(c2cncc(CNC(C)(C)C)n2)C1. The van der Waals surface area contributed by atoms with E-state index in [-0.39, 0.29) is 5.54 Å². The normalized spacial score (nSPS) is 19.1. The summed E-state index contributed by atoms with van der Waals surface area (Å²) in [4.78, 5) is 11.5. The van der Waals surface area contributed by atoms with Crippen LogP contribution in [-0.4, -0.2) is 28.6 Å². The topological polar surface area (TPSA) is 41.1 Å². The first-order valence-corrected chi connectivity index (χ1v) is 7.56. The summed E-state index contributed by atoms with van der Waals surface area (Å²) in [6, 6.07) is 0. The highest BCUT2D eigenvalue weighted by atomic mass is 15.2. The minimum atomic E-state index is 0.102. The summed E-state index contributed by atoms with van der Waals surface area (Å²) >= 11 is 0. The average Bonchev–Trinajstić information content (AvgIpc) is 2.35. The molecule has 0 amide bonds. The summed E-state index contributed by atoms with van der Waals surface area (Å²) in [7, 11) is 0. The summed E-state index contributed by atoms with van der Waals surface area (Å²) in [6.45, 7) is 14.1. The molecule has 1 aliphatic heterocycles. The van der Waals surface area contributed by atoms with Crippen molar-refractivity contribution in [3.05, 3.63) is 18.1 Å². The van der Waals surface area contributed by atoms with E-state index in [0.29, 0.717) is 5.41 Å². The zero-order chi connectivity index (χ0) is 14.8. The molecule has 1 fully saturated rings. The number of nitrogens with one attached hydrogen (secondary N) is 1. The number of rotatable bonds is 3. The third-order valence-corrected chi connectivity index (χ3v) is 3.70. The van der Waals surface area contributed by atoms with E-state index in [1.807, 2.05) is 12.4 Å². The van der Waals surface area contributed by atoms with Crippen molar-refractivity contribution in [3.63, 3.8) is 0 Å². The smallest absolute Gasteiger partial charge is 0.147 e. The van der Waals surface area contributed by atoms with E-state index in [1.165, 1.54) is 12.8 Å². The van der Waals surface area contributed by atoms with E-state index in [0.717, 1.165) is 31.1 Å². The van der Waals surface area contributed by atoms with Crippen LogP contribution in [0.25, 0.3) is 0 Å². The van der Waals surface area contributed by atoms with Gasteiger partial charge in [0.25, 0.3) is 0 Å². The van der Waals surface area contributed by atoms with Crippen LogP contribution in [0.3, 0.4) is 0 Å². The average molecular weight is 276 g/mol. The van der Waals surface area contributed by atoms with Gasteiger partial charge in [-0.15, -0.1) is 0 Å². The van der Waals surface area contributed by atoms with Crippen LogP contribution in [0.4, 0.5) is 5.82 Å². The molecular formula is C16H28N4. The molecule has 1 aromatic rings. The minimum Gasteiger partial charge on any atom is -0.355 e. The predicted octanol–water partition coefficient (Wildman–Crippen LogP) is 2.99. The van der Waals surface area contributed by atoms with E-state index in [2.05, 4.69) is 49.8 Å². The van der Waals surface area contributed by atoms with Crippen LogP contribution in [0, 0.1) is 5.41 Å². The Kier molecular flexibility index (Phi) is 4.33. The van der Waals surface area contributed by atoms with Gasteiger partial charge in [0.2, 0.25) is 0 Å². The van der Waals surface area contributed by atoms with Crippen molar-refractivity contribution in [1.29, 1.82) is 0 Å². The van der Waals surface area contributed by atoms with Gasteiger partial charge in [0.15, 0.2) is 0 Å². The summed E-state index contributed by atoms with van der Waals surface area (Å²) in [5.74, 6) is 1.02. The molecule has 4 nitrogen and oxygen atoms in total. The zero-order valence-corrected chi connectivity index (χ0v) is 13.5. The summed E-state index contributed by atoms with van der Waals surface area (Å²) in [5.41, 5.74) is 1.49. The molecule has 0 atom stereocenters. The Morgan fingerprint density at radius 3 is 2.70 bits per heavy atom. The quantitative estimate of drug-likeness (QED) is 0.921. The van der Waals surface area contributed by atoms with Crippen molar-refractivity contribution in [3.8, 4) is 0 Å². The molecular weight excluding hydrogens is 248 g/mol. The lowest BCUT2D eigenvalue weighted by atomic mass is 9.84. The number of piperidine rings is 1. The number of anilines is 1. The fraction of sp³-hybridized carbons (Fsp3) is 0.750. The van der Waals surface area contributed by atoms with E-state index in [4.69, 9.17) is 4.98 Å². The molecule has 1 N–H and O–H groups in total. The summed E-state index contributed by atoms with van der Waals surface area (Å²) in [5, 5.41) is 3.46. The van der Waals surface area contributed by atoms with Crippen LogP contribution in [0.2, 0.25) is 0 Å². The maximum atomic E-state index is 4.77. The van der Waals surface area contributed by atoms with Crippen molar-refractivity contribution < 1.29 is 0 Å². The van der Waals surface area contributed by atoms with Gasteiger partial charge in [0.1, 0.15) is 5.82 Å². The van der Waals surface area contributed by atoms with Crippen molar-refractivity contribution >= 4 is 5.82 Å². The Morgan fingerprint density at radius 1 is 1.30 bits per heavy atom. The highest BCUT2D eigenvalue weighted by Crippen LogP contribution is 2.30. The number of hydrogen-bond donors (Lipinski definition) is 1. The molecule has 1 saturated heterocycles. The maximum Gasteiger partial charge on any atom is 0.147 e. The van der Waals surface area contributed by atoms with Crippen molar-refractivity contribution in [2.75, 3.05) is 18.0 Å². The van der Waals surface area contributed by atoms with Gasteiger partial charge >= 0.3 is 0 Å². The molecule has 20 heavy (non-hydrogen) atoms. The van der Waals surface area contributed by atoms with Crippen LogP contribution in [0.5, 0.6) is 0 Å². The van der Waals surface area contributed by atoms with Crippen LogP contribution < -0.4 is 10.2 Å². The second-order valence-corrected chi connectivity index (χ2v) is 7.66. The lowest BCUT2D eigenvalue weighted by Crippen LogP contribution is -2.40. The van der Waals surface area contributed by atoms with Gasteiger partial charge in [0.05, 0.1) is 11.9 Å². The molecule has 1 aromatic heterocycles. The van der Waals surface area contributed by atoms with Crippen LogP contribution in [-0.2, 0) is 6.54 Å². The highest BCUT2D eigenvalue weighted by molar-refractivity contribution is 5.37. The van der Waals surface area contributed by atoms with Gasteiger partial charge in [-0.05, 0) is 39.0 Å². The number of hydrogen-bond acceptors (Lipinski definition) is 4. The van der Waals surface area contributed by atoms with E-state index in [9.17, 15) is 0 Å². The van der Waals surface area contributed by atoms with Gasteiger partial charge in [-0.25, -0.2) is 4.98 Å². The van der Waals surface area contributed by atoms with Gasteiger partial charge in [-0.3, -0.25) is 4.98 Å². The predicted molar refractivity (Wildman–Crippen MR) is 83.9 cm³/mol. The van der Waals surface area contributed by atoms with Gasteiger partial charge < -0.3 is 10.2 Å². The van der Waals surface area contributed by atoms with Gasteiger partial charge in [0, 0.05) is 31.4 Å². The van der Waals surface area contributed by atoms with E-state index < -0.39 is 0 Å². The standard InChI is InChI=1S/C16H28N4/c1-15(2,3)18-10-13-9-17-11-14(19-13)20-8-6-7-16(4,5)12-20/h9,11,18H,6-8,10,12H2,1-5H3. The van der Waals surface area contributed by atoms with E-state index in [1.54, 1.807) is 0 Å². The molecule has 0 aliphatic carbocycles. The third kappa shape index (κ3) is 4.44. The fourth-order valence-corrected chi connectivity index (χ4v) is 2.61. The first kappa shape index (κ1) is 15.2. The van der Waals surface area contributed by atoms with Gasteiger partial charge in [-0.1, -0.05) is 13.8 Å². The molecule has 0 bridgehead atoms. The lowest BCUT2D eigenvalue weighted by molar-refractivity contribution is 0.292. The monoisotopic (exact) mass is 276 g/mol. The molecule has 0 unspecified atom stereocenters. The first-order chi connectivity index (χ1) is 9.25. The lowest BCUT2D eigenvalue weighted by Gasteiger charge is -2.38. The largest absolute Gasteiger partial charge is 0.355 e. The second-order valence-electron chi connectivity index (χ2n) is 7.66. The Bertz CT molecular complexity index is 448. The highest BCUT2D eigenvalue weighted by Gasteiger charge is 2.27.